The van der Waals surface area contributed by atoms with Gasteiger partial charge < -0.3 is 29.4 Å². The maximum atomic E-state index is 12.3. The molecule has 8 heteroatoms. The molecule has 0 unspecified atom stereocenters. The van der Waals surface area contributed by atoms with Crippen molar-refractivity contribution >= 4 is 12.0 Å². The molecule has 2 N–H and O–H groups in total. The van der Waals surface area contributed by atoms with Crippen LogP contribution in [0.15, 0.2) is 48.1 Å². The first kappa shape index (κ1) is 27.9. The summed E-state index contributed by atoms with van der Waals surface area (Å²) in [5, 5.41) is 22.0. The van der Waals surface area contributed by atoms with Gasteiger partial charge in [0.1, 0.15) is 11.6 Å². The quantitative estimate of drug-likeness (QED) is 0.304. The van der Waals surface area contributed by atoms with Gasteiger partial charge in [-0.3, -0.25) is 4.79 Å². The molecular weight excluding hydrogens is 436 g/mol. The molecule has 0 heterocycles. The number of nitriles is 1. The van der Waals surface area contributed by atoms with Crippen LogP contribution >= 0.6 is 0 Å². The molecule has 0 spiro atoms. The smallest absolute Gasteiger partial charge is 0.261 e. The molecule has 2 aromatic rings. The molecule has 0 bridgehead atoms. The first-order valence-electron chi connectivity index (χ1n) is 10.7. The third-order valence-corrected chi connectivity index (χ3v) is 4.57. The van der Waals surface area contributed by atoms with Gasteiger partial charge in [-0.2, -0.15) is 5.26 Å². The van der Waals surface area contributed by atoms with Crippen LogP contribution in [0.5, 0.6) is 28.7 Å². The molecule has 0 aliphatic carbocycles. The number of rotatable bonds is 10. The molecule has 8 nitrogen and oxygen atoms in total. The van der Waals surface area contributed by atoms with Gasteiger partial charge in [0.25, 0.3) is 5.91 Å². The van der Waals surface area contributed by atoms with Crippen molar-refractivity contribution in [2.45, 2.75) is 20.3 Å². The van der Waals surface area contributed by atoms with Crippen LogP contribution in [-0.2, 0) is 11.2 Å². The van der Waals surface area contributed by atoms with Gasteiger partial charge >= 0.3 is 0 Å². The molecule has 0 saturated carbocycles. The summed E-state index contributed by atoms with van der Waals surface area (Å²) in [5.41, 5.74) is 1.59. The van der Waals surface area contributed by atoms with E-state index >= 15 is 0 Å². The summed E-state index contributed by atoms with van der Waals surface area (Å²) in [7, 11) is 5.99. The third-order valence-electron chi connectivity index (χ3n) is 4.57. The van der Waals surface area contributed by atoms with Gasteiger partial charge in [0.05, 0.1) is 28.4 Å². The molecule has 34 heavy (non-hydrogen) atoms. The van der Waals surface area contributed by atoms with Gasteiger partial charge in [0.15, 0.2) is 23.0 Å². The minimum atomic E-state index is -0.474. The Morgan fingerprint density at radius 1 is 0.971 bits per heavy atom. The van der Waals surface area contributed by atoms with Crippen molar-refractivity contribution in [2.75, 3.05) is 35.0 Å². The van der Waals surface area contributed by atoms with Gasteiger partial charge in [-0.25, -0.2) is 0 Å². The number of amides is 1. The predicted octanol–water partition coefficient (Wildman–Crippen LogP) is 4.27. The SMILES string of the molecule is CC.COc1ccc(CCNC(=O)/C(C#N)=C/C=C/c2cc(OC)c(O)c(OC)c2)cc1OC. The zero-order chi connectivity index (χ0) is 25.5. The second-order valence-corrected chi connectivity index (χ2v) is 6.52. The highest BCUT2D eigenvalue weighted by Crippen LogP contribution is 2.37. The van der Waals surface area contributed by atoms with E-state index in [1.807, 2.05) is 32.0 Å². The first-order valence-corrected chi connectivity index (χ1v) is 10.7. The van der Waals surface area contributed by atoms with E-state index in [1.54, 1.807) is 44.6 Å². The van der Waals surface area contributed by atoms with E-state index in [-0.39, 0.29) is 22.8 Å². The Morgan fingerprint density at radius 2 is 1.56 bits per heavy atom. The number of phenolic OH excluding ortho intramolecular Hbond substituents is 1. The lowest BCUT2D eigenvalue weighted by molar-refractivity contribution is -0.117. The lowest BCUT2D eigenvalue weighted by Gasteiger charge is -2.10. The highest BCUT2D eigenvalue weighted by Gasteiger charge is 2.11. The van der Waals surface area contributed by atoms with Gasteiger partial charge in [0, 0.05) is 6.54 Å². The average molecular weight is 469 g/mol. The molecule has 182 valence electrons. The monoisotopic (exact) mass is 468 g/mol. The van der Waals surface area contributed by atoms with Crippen LogP contribution in [-0.4, -0.2) is 46.0 Å². The van der Waals surface area contributed by atoms with Gasteiger partial charge in [-0.05, 0) is 47.9 Å². The number of hydrogen-bond acceptors (Lipinski definition) is 7. The fourth-order valence-corrected chi connectivity index (χ4v) is 2.88. The van der Waals surface area contributed by atoms with Crippen LogP contribution in [0.3, 0.4) is 0 Å². The summed E-state index contributed by atoms with van der Waals surface area (Å²) in [6.45, 7) is 4.35. The average Bonchev–Trinajstić information content (AvgIpc) is 2.88. The fourth-order valence-electron chi connectivity index (χ4n) is 2.88. The molecule has 2 aromatic carbocycles. The van der Waals surface area contributed by atoms with Crippen LogP contribution in [0.4, 0.5) is 0 Å². The van der Waals surface area contributed by atoms with E-state index in [1.165, 1.54) is 20.3 Å². The summed E-state index contributed by atoms with van der Waals surface area (Å²) in [4.78, 5) is 12.3. The molecule has 2 rings (SSSR count). The summed E-state index contributed by atoms with van der Waals surface area (Å²) in [6.07, 6.45) is 5.21. The topological polar surface area (TPSA) is 110 Å². The zero-order valence-corrected chi connectivity index (χ0v) is 20.5. The summed E-state index contributed by atoms with van der Waals surface area (Å²) in [5.74, 6) is 1.17. The minimum absolute atomic E-state index is 0.0359. The number of carbonyl (C=O) groups excluding carboxylic acids is 1. The predicted molar refractivity (Wildman–Crippen MR) is 132 cm³/mol. The van der Waals surface area contributed by atoms with Crippen molar-refractivity contribution < 1.29 is 28.8 Å². The van der Waals surface area contributed by atoms with Crippen molar-refractivity contribution in [1.82, 2.24) is 5.32 Å². The number of methoxy groups -OCH3 is 4. The minimum Gasteiger partial charge on any atom is -0.502 e. The number of carbonyl (C=O) groups is 1. The Bertz CT molecular complexity index is 1030. The molecule has 0 saturated heterocycles. The van der Waals surface area contributed by atoms with E-state index in [0.29, 0.717) is 30.0 Å². The molecule has 1 amide bonds. The van der Waals surface area contributed by atoms with Crippen LogP contribution < -0.4 is 24.3 Å². The van der Waals surface area contributed by atoms with Gasteiger partial charge in [0.2, 0.25) is 5.75 Å². The number of phenols is 1. The Kier molecular flexibility index (Phi) is 12.2. The molecule has 0 aliphatic heterocycles. The van der Waals surface area contributed by atoms with Crippen LogP contribution in [0.1, 0.15) is 25.0 Å². The Hall–Kier alpha value is -4.12. The summed E-state index contributed by atoms with van der Waals surface area (Å²) >= 11 is 0. The standard InChI is InChI=1S/C24H26N2O6.C2H6/c1-29-19-9-8-16(12-20(19)30-2)10-11-26-24(28)18(15-25)7-5-6-17-13-21(31-3)23(27)22(14-17)32-4;1-2/h5-9,12-14,27H,10-11H2,1-4H3,(H,26,28);1-2H3/b6-5+,18-7+;. The fraction of sp³-hybridized carbons (Fsp3) is 0.308. The third kappa shape index (κ3) is 7.78. The second-order valence-electron chi connectivity index (χ2n) is 6.52. The summed E-state index contributed by atoms with van der Waals surface area (Å²) in [6, 6.07) is 10.6. The number of nitrogens with zero attached hydrogens (tertiary/aromatic N) is 1. The Morgan fingerprint density at radius 3 is 2.09 bits per heavy atom. The highest BCUT2D eigenvalue weighted by molar-refractivity contribution is 5.97. The van der Waals surface area contributed by atoms with Gasteiger partial charge in [-0.1, -0.05) is 32.1 Å². The van der Waals surface area contributed by atoms with Crippen LogP contribution in [0.2, 0.25) is 0 Å². The van der Waals surface area contributed by atoms with Crippen molar-refractivity contribution in [3.63, 3.8) is 0 Å². The van der Waals surface area contributed by atoms with Crippen molar-refractivity contribution in [3.05, 3.63) is 59.2 Å². The van der Waals surface area contributed by atoms with E-state index in [2.05, 4.69) is 5.32 Å². The molecule has 0 atom stereocenters. The van der Waals surface area contributed by atoms with Crippen molar-refractivity contribution in [2.24, 2.45) is 0 Å². The molecule has 0 aromatic heterocycles. The lowest BCUT2D eigenvalue weighted by atomic mass is 10.1. The molecular formula is C26H32N2O6. The number of nitrogens with one attached hydrogen (secondary N) is 1. The van der Waals surface area contributed by atoms with Gasteiger partial charge in [-0.15, -0.1) is 0 Å². The van der Waals surface area contributed by atoms with E-state index in [9.17, 15) is 15.2 Å². The highest BCUT2D eigenvalue weighted by atomic mass is 16.5. The Labute approximate surface area is 201 Å². The van der Waals surface area contributed by atoms with Crippen molar-refractivity contribution in [3.8, 4) is 34.8 Å². The maximum Gasteiger partial charge on any atom is 0.261 e. The molecule has 0 radical (unpaired) electrons. The largest absolute Gasteiger partial charge is 0.502 e. The Balaban J connectivity index is 0.00000281. The first-order chi connectivity index (χ1) is 16.5. The number of benzene rings is 2. The van der Waals surface area contributed by atoms with E-state index in [0.717, 1.165) is 5.56 Å². The van der Waals surface area contributed by atoms with E-state index in [4.69, 9.17) is 18.9 Å². The summed E-state index contributed by atoms with van der Waals surface area (Å²) < 4.78 is 20.7. The lowest BCUT2D eigenvalue weighted by Crippen LogP contribution is -2.26. The number of hydrogen-bond donors (Lipinski definition) is 2. The van der Waals surface area contributed by atoms with Crippen molar-refractivity contribution in [1.29, 1.82) is 5.26 Å². The number of aromatic hydroxyl groups is 1. The van der Waals surface area contributed by atoms with E-state index < -0.39 is 5.91 Å². The van der Waals surface area contributed by atoms with Crippen LogP contribution in [0, 0.1) is 11.3 Å². The normalized spacial score (nSPS) is 10.6. The zero-order valence-electron chi connectivity index (χ0n) is 20.5. The van der Waals surface area contributed by atoms with Crippen LogP contribution in [0.25, 0.3) is 6.08 Å². The number of ether oxygens (including phenoxy) is 4. The number of allylic oxidation sites excluding steroid dienone is 2. The molecule has 0 aliphatic rings. The maximum absolute atomic E-state index is 12.3. The second kappa shape index (κ2) is 14.9. The molecule has 0 fully saturated rings.